The molecular weight excluding hydrogens is 800 g/mol. The van der Waals surface area contributed by atoms with E-state index >= 15 is 0 Å². The van der Waals surface area contributed by atoms with Crippen LogP contribution in [0, 0.1) is 6.92 Å². The van der Waals surface area contributed by atoms with Crippen LogP contribution in [0.4, 0.5) is 34.1 Å². The van der Waals surface area contributed by atoms with E-state index in [-0.39, 0.29) is 54.8 Å². The lowest BCUT2D eigenvalue weighted by Crippen LogP contribution is -2.70. The molecule has 0 unspecified atom stereocenters. The third kappa shape index (κ3) is 6.65. The number of fused-ring (bicyclic) bond motifs is 6. The van der Waals surface area contributed by atoms with E-state index in [4.69, 9.17) is 102 Å². The van der Waals surface area contributed by atoms with E-state index in [1.54, 1.807) is 11.3 Å². The number of hydrogen-bond acceptors (Lipinski definition) is 3. The molecule has 0 amide bonds. The van der Waals surface area contributed by atoms with Crippen molar-refractivity contribution in [1.82, 2.24) is 0 Å². The van der Waals surface area contributed by atoms with E-state index in [9.17, 15) is 0 Å². The van der Waals surface area contributed by atoms with Gasteiger partial charge >= 0.3 is 0 Å². The molecule has 0 N–H and O–H groups in total. The SMILES string of the molecule is [B]c1c([B])c(C(C)(C)C)c([B])c([B])c1N1c2c([B])c([B])c(C(C)(C)C)c([B])c2B2c3sc4c(c3N(c3c([B])c([B])c(C(C)(C)C)c([B])c3[B])c3c([B])c(C)c([B])c1c32)C(C)(C)CCC4(C)C. The lowest BCUT2D eigenvalue weighted by Gasteiger charge is -2.50. The standard InChI is InChI=1S/C49H46B14N2S/c1-17-22(50)40-36-41(23(17)51)65(39-32(60)26(54)19(46(5,6)7)27(55)33(39)61)42-34(62)28(56)20(47(8,9)10)29(57)35(42)63(36)44-37(21-43(66-44)49(13,14)16-15-48(21,11)12)64(40)38-30(58)24(52)18(45(2,3)4)25(53)31(38)59/h15-16H2,1-14H3. The van der Waals surface area contributed by atoms with Gasteiger partial charge in [0, 0.05) is 38.1 Å². The van der Waals surface area contributed by atoms with Gasteiger partial charge in [-0.15, -0.1) is 0 Å². The van der Waals surface area contributed by atoms with E-state index < -0.39 is 23.0 Å². The molecule has 66 heavy (non-hydrogen) atoms. The summed E-state index contributed by atoms with van der Waals surface area (Å²) in [6.07, 6.45) is 1.85. The van der Waals surface area contributed by atoms with Crippen LogP contribution < -0.4 is 96.5 Å². The number of hydrogen-bond donors (Lipinski definition) is 0. The average molecular weight is 846 g/mol. The predicted molar refractivity (Wildman–Crippen MR) is 305 cm³/mol. The second kappa shape index (κ2) is 15.3. The van der Waals surface area contributed by atoms with Crippen molar-refractivity contribution in [3.8, 4) is 0 Å². The summed E-state index contributed by atoms with van der Waals surface area (Å²) in [5.41, 5.74) is 9.76. The Kier molecular flexibility index (Phi) is 11.5. The van der Waals surface area contributed by atoms with Crippen LogP contribution in [0.2, 0.25) is 0 Å². The number of rotatable bonds is 2. The van der Waals surface area contributed by atoms with Crippen molar-refractivity contribution in [2.45, 2.75) is 137 Å². The first-order valence-electron chi connectivity index (χ1n) is 22.6. The van der Waals surface area contributed by atoms with Crippen molar-refractivity contribution in [1.29, 1.82) is 0 Å². The fourth-order valence-electron chi connectivity index (χ4n) is 11.4. The van der Waals surface area contributed by atoms with Gasteiger partial charge in [-0.2, -0.15) is 11.3 Å². The minimum absolute atomic E-state index is 0.172. The molecule has 1 aliphatic carbocycles. The molecule has 2 aliphatic heterocycles. The maximum Gasteiger partial charge on any atom is 0.263 e. The minimum atomic E-state index is -0.624. The molecule has 0 atom stereocenters. The first-order chi connectivity index (χ1) is 30.0. The van der Waals surface area contributed by atoms with Crippen LogP contribution in [0.15, 0.2) is 0 Å². The summed E-state index contributed by atoms with van der Waals surface area (Å²) in [5, 5.41) is 0. The molecule has 0 saturated heterocycles. The van der Waals surface area contributed by atoms with Crippen molar-refractivity contribution >= 4 is 241 Å². The smallest absolute Gasteiger partial charge is 0.263 e. The molecule has 3 aliphatic rings. The number of anilines is 6. The van der Waals surface area contributed by atoms with Crippen molar-refractivity contribution < 1.29 is 0 Å². The van der Waals surface area contributed by atoms with Crippen molar-refractivity contribution in [3.05, 3.63) is 32.7 Å². The zero-order valence-electron chi connectivity index (χ0n) is 41.3. The Hall–Kier alpha value is -2.91. The van der Waals surface area contributed by atoms with Crippen LogP contribution in [0.3, 0.4) is 0 Å². The molecule has 0 bridgehead atoms. The zero-order valence-corrected chi connectivity index (χ0v) is 42.1. The van der Waals surface area contributed by atoms with Gasteiger partial charge in [-0.25, -0.2) is 0 Å². The van der Waals surface area contributed by atoms with E-state index in [1.165, 1.54) is 4.88 Å². The number of nitrogens with zero attached hydrogens (tertiary/aromatic N) is 2. The van der Waals surface area contributed by atoms with Gasteiger partial charge in [0.05, 0.1) is 5.69 Å². The minimum Gasteiger partial charge on any atom is -0.314 e. The first-order valence-corrected chi connectivity index (χ1v) is 23.4. The Bertz CT molecular complexity index is 2940. The van der Waals surface area contributed by atoms with Crippen LogP contribution in [0.25, 0.3) is 0 Å². The average Bonchev–Trinajstić information content (AvgIpc) is 3.61. The fraction of sp³-hybridized carbons (Fsp3) is 0.429. The summed E-state index contributed by atoms with van der Waals surface area (Å²) in [4.78, 5) is 5.16. The molecule has 8 rings (SSSR count). The molecule has 3 heterocycles. The Morgan fingerprint density at radius 1 is 0.409 bits per heavy atom. The lowest BCUT2D eigenvalue weighted by molar-refractivity contribution is 0.339. The summed E-state index contributed by atoms with van der Waals surface area (Å²) in [6.45, 7) is 28.7. The van der Waals surface area contributed by atoms with Gasteiger partial charge in [0.2, 0.25) is 0 Å². The van der Waals surface area contributed by atoms with Crippen LogP contribution in [-0.4, -0.2) is 109 Å². The molecule has 0 fully saturated rings. The second-order valence-corrected chi connectivity index (χ2v) is 24.4. The quantitative estimate of drug-likeness (QED) is 0.169. The summed E-state index contributed by atoms with van der Waals surface area (Å²) >= 11 is 1.73. The van der Waals surface area contributed by atoms with Crippen molar-refractivity contribution in [2.75, 3.05) is 9.80 Å². The van der Waals surface area contributed by atoms with E-state index in [1.807, 2.05) is 53.4 Å². The molecule has 0 spiro atoms. The largest absolute Gasteiger partial charge is 0.314 e. The molecule has 1 aromatic heterocycles. The van der Waals surface area contributed by atoms with Crippen LogP contribution in [0.1, 0.15) is 136 Å². The molecule has 17 heteroatoms. The third-order valence-corrected chi connectivity index (χ3v) is 16.3. The Morgan fingerprint density at radius 3 is 1.11 bits per heavy atom. The first kappa shape index (κ1) is 49.5. The van der Waals surface area contributed by atoms with Crippen LogP contribution >= 0.6 is 11.3 Å². The van der Waals surface area contributed by atoms with Crippen molar-refractivity contribution in [3.63, 3.8) is 0 Å². The Balaban J connectivity index is 1.70. The van der Waals surface area contributed by atoms with Crippen LogP contribution in [0.5, 0.6) is 0 Å². The highest BCUT2D eigenvalue weighted by Gasteiger charge is 2.53. The van der Waals surface area contributed by atoms with Gasteiger partial charge in [-0.05, 0) is 57.9 Å². The monoisotopic (exact) mass is 848 g/mol. The van der Waals surface area contributed by atoms with E-state index in [0.717, 1.165) is 28.9 Å². The molecule has 0 saturated carbocycles. The van der Waals surface area contributed by atoms with E-state index in [0.29, 0.717) is 88.7 Å². The number of thiophene rings is 1. The molecule has 26 radical (unpaired) electrons. The molecule has 4 aromatic carbocycles. The van der Waals surface area contributed by atoms with Crippen molar-refractivity contribution in [2.24, 2.45) is 0 Å². The third-order valence-electron chi connectivity index (χ3n) is 14.7. The topological polar surface area (TPSA) is 6.48 Å². The fourth-order valence-corrected chi connectivity index (χ4v) is 13.2. The van der Waals surface area contributed by atoms with Gasteiger partial charge in [0.1, 0.15) is 102 Å². The van der Waals surface area contributed by atoms with Gasteiger partial charge < -0.3 is 9.80 Å². The normalized spacial score (nSPS) is 16.2. The zero-order chi connectivity index (χ0) is 49.5. The molecule has 2 nitrogen and oxygen atoms in total. The van der Waals surface area contributed by atoms with Gasteiger partial charge in [-0.1, -0.05) is 189 Å². The van der Waals surface area contributed by atoms with Crippen LogP contribution in [-0.2, 0) is 27.1 Å². The summed E-state index contributed by atoms with van der Waals surface area (Å²) in [6, 6.07) is 0. The van der Waals surface area contributed by atoms with Gasteiger partial charge in [-0.3, -0.25) is 0 Å². The summed E-state index contributed by atoms with van der Waals surface area (Å²) in [7, 11) is 95.0. The van der Waals surface area contributed by atoms with Gasteiger partial charge in [0.25, 0.3) is 6.71 Å². The molecule has 5 aromatic rings. The Morgan fingerprint density at radius 2 is 0.727 bits per heavy atom. The highest BCUT2D eigenvalue weighted by molar-refractivity contribution is 7.30. The lowest BCUT2D eigenvalue weighted by atomic mass is 9.32. The second-order valence-electron chi connectivity index (χ2n) is 23.3. The number of benzene rings is 4. The highest BCUT2D eigenvalue weighted by Crippen LogP contribution is 2.55. The molecule has 300 valence electrons. The maximum absolute atomic E-state index is 7.68. The molecular formula is C49H46B14N2S. The highest BCUT2D eigenvalue weighted by atomic mass is 32.1. The predicted octanol–water partition coefficient (Wildman–Crippen LogP) is -3.30. The van der Waals surface area contributed by atoms with Gasteiger partial charge in [0.15, 0.2) is 0 Å². The Labute approximate surface area is 417 Å². The summed E-state index contributed by atoms with van der Waals surface area (Å²) < 4.78 is 0.954. The summed E-state index contributed by atoms with van der Waals surface area (Å²) in [5.74, 6) is 0. The van der Waals surface area contributed by atoms with E-state index in [2.05, 4.69) is 53.4 Å². The maximum atomic E-state index is 7.68.